The maximum Gasteiger partial charge on any atom is 0.0326 e. The average molecular weight is 338 g/mol. The van der Waals surface area contributed by atoms with E-state index in [0.29, 0.717) is 6.04 Å². The second-order valence-electron chi connectivity index (χ2n) is 4.73. The minimum atomic E-state index is 0.433. The molecule has 0 aliphatic carbocycles. The summed E-state index contributed by atoms with van der Waals surface area (Å²) >= 11 is 5.41. The van der Waals surface area contributed by atoms with Crippen LogP contribution in [0.15, 0.2) is 39.5 Å². The highest BCUT2D eigenvalue weighted by Crippen LogP contribution is 2.27. The number of hydrogen-bond acceptors (Lipinski definition) is 2. The molecule has 0 amide bonds. The molecule has 0 aliphatic heterocycles. The van der Waals surface area contributed by atoms with Gasteiger partial charge in [-0.15, -0.1) is 0 Å². The van der Waals surface area contributed by atoms with Gasteiger partial charge in [0.2, 0.25) is 0 Å². The van der Waals surface area contributed by atoms with E-state index in [9.17, 15) is 0 Å². The topological polar surface area (TPSA) is 12.0 Å². The van der Waals surface area contributed by atoms with E-state index in [4.69, 9.17) is 0 Å². The van der Waals surface area contributed by atoms with Gasteiger partial charge in [-0.25, -0.2) is 0 Å². The van der Waals surface area contributed by atoms with E-state index in [0.717, 1.165) is 19.4 Å². The van der Waals surface area contributed by atoms with Gasteiger partial charge >= 0.3 is 0 Å². The summed E-state index contributed by atoms with van der Waals surface area (Å²) in [7, 11) is 0. The lowest BCUT2D eigenvalue weighted by atomic mass is 9.96. The zero-order valence-electron chi connectivity index (χ0n) is 11.4. The molecule has 102 valence electrons. The van der Waals surface area contributed by atoms with Crippen LogP contribution in [0.3, 0.4) is 0 Å². The molecular formula is C16H20BrNS. The van der Waals surface area contributed by atoms with Crippen LogP contribution in [0.2, 0.25) is 0 Å². The second kappa shape index (κ2) is 7.22. The van der Waals surface area contributed by atoms with Gasteiger partial charge in [0.05, 0.1) is 0 Å². The predicted octanol–water partition coefficient (Wildman–Crippen LogP) is 5.10. The molecule has 0 aliphatic rings. The van der Waals surface area contributed by atoms with E-state index in [1.54, 1.807) is 11.3 Å². The summed E-state index contributed by atoms with van der Waals surface area (Å²) in [5.41, 5.74) is 4.20. The zero-order valence-corrected chi connectivity index (χ0v) is 13.9. The Morgan fingerprint density at radius 2 is 2.16 bits per heavy atom. The van der Waals surface area contributed by atoms with Crippen LogP contribution in [0.1, 0.15) is 36.1 Å². The van der Waals surface area contributed by atoms with Crippen LogP contribution in [0.25, 0.3) is 0 Å². The first-order chi connectivity index (χ1) is 9.22. The van der Waals surface area contributed by atoms with Crippen molar-refractivity contribution in [3.63, 3.8) is 0 Å². The first kappa shape index (κ1) is 14.8. The number of nitrogens with one attached hydrogen (secondary N) is 1. The summed E-state index contributed by atoms with van der Waals surface area (Å²) < 4.78 is 1.20. The van der Waals surface area contributed by atoms with Crippen LogP contribution in [0.4, 0.5) is 0 Å². The molecule has 0 saturated carbocycles. The molecule has 1 heterocycles. The Morgan fingerprint density at radius 3 is 2.84 bits per heavy atom. The van der Waals surface area contributed by atoms with Gasteiger partial charge in [-0.3, -0.25) is 0 Å². The van der Waals surface area contributed by atoms with Crippen molar-refractivity contribution in [3.05, 3.63) is 56.2 Å². The van der Waals surface area contributed by atoms with E-state index in [1.807, 2.05) is 0 Å². The van der Waals surface area contributed by atoms with Gasteiger partial charge in [0.1, 0.15) is 0 Å². The van der Waals surface area contributed by atoms with Crippen molar-refractivity contribution < 1.29 is 0 Å². The number of rotatable bonds is 6. The smallest absolute Gasteiger partial charge is 0.0326 e. The van der Waals surface area contributed by atoms with E-state index in [1.165, 1.54) is 21.2 Å². The minimum absolute atomic E-state index is 0.433. The van der Waals surface area contributed by atoms with Crippen LogP contribution >= 0.6 is 27.3 Å². The molecular weight excluding hydrogens is 318 g/mol. The van der Waals surface area contributed by atoms with Crippen molar-refractivity contribution in [2.45, 2.75) is 32.7 Å². The molecule has 2 aromatic rings. The van der Waals surface area contributed by atoms with E-state index >= 15 is 0 Å². The molecule has 1 atom stereocenters. The van der Waals surface area contributed by atoms with Crippen molar-refractivity contribution in [2.75, 3.05) is 6.54 Å². The zero-order chi connectivity index (χ0) is 13.7. The predicted molar refractivity (Wildman–Crippen MR) is 87.9 cm³/mol. The molecule has 1 aromatic heterocycles. The van der Waals surface area contributed by atoms with Crippen molar-refractivity contribution >= 4 is 27.3 Å². The average Bonchev–Trinajstić information content (AvgIpc) is 2.91. The number of hydrogen-bond donors (Lipinski definition) is 1. The Balaban J connectivity index is 2.12. The van der Waals surface area contributed by atoms with Gasteiger partial charge in [0.15, 0.2) is 0 Å². The van der Waals surface area contributed by atoms with E-state index in [-0.39, 0.29) is 0 Å². The monoisotopic (exact) mass is 337 g/mol. The molecule has 3 heteroatoms. The van der Waals surface area contributed by atoms with Crippen molar-refractivity contribution in [3.8, 4) is 0 Å². The van der Waals surface area contributed by atoms with Gasteiger partial charge in [0, 0.05) is 10.5 Å². The highest BCUT2D eigenvalue weighted by atomic mass is 79.9. The van der Waals surface area contributed by atoms with Crippen LogP contribution in [0.5, 0.6) is 0 Å². The van der Waals surface area contributed by atoms with E-state index < -0.39 is 0 Å². The Hall–Kier alpha value is -0.640. The third-order valence-corrected chi connectivity index (χ3v) is 5.03. The molecule has 19 heavy (non-hydrogen) atoms. The molecule has 0 radical (unpaired) electrons. The number of benzene rings is 1. The largest absolute Gasteiger partial charge is 0.310 e. The quantitative estimate of drug-likeness (QED) is 0.772. The Morgan fingerprint density at radius 1 is 1.32 bits per heavy atom. The lowest BCUT2D eigenvalue weighted by Crippen LogP contribution is -2.22. The Labute approximate surface area is 128 Å². The Kier molecular flexibility index (Phi) is 5.61. The van der Waals surface area contributed by atoms with Crippen molar-refractivity contribution in [1.29, 1.82) is 0 Å². The summed E-state index contributed by atoms with van der Waals surface area (Å²) in [4.78, 5) is 0. The maximum atomic E-state index is 3.63. The van der Waals surface area contributed by atoms with Crippen LogP contribution in [0, 0.1) is 6.92 Å². The molecule has 1 aromatic carbocycles. The fraction of sp³-hybridized carbons (Fsp3) is 0.375. The second-order valence-corrected chi connectivity index (χ2v) is 6.37. The van der Waals surface area contributed by atoms with E-state index in [2.05, 4.69) is 70.1 Å². The summed E-state index contributed by atoms with van der Waals surface area (Å²) in [5.74, 6) is 0. The van der Waals surface area contributed by atoms with Crippen LogP contribution in [-0.4, -0.2) is 6.54 Å². The maximum absolute atomic E-state index is 3.63. The first-order valence-corrected chi connectivity index (χ1v) is 8.45. The Bertz CT molecular complexity index is 507. The number of aryl methyl sites for hydroxylation is 1. The molecule has 0 bridgehead atoms. The SMILES string of the molecule is CCNC(CCc1ccsc1)c1cccc(Br)c1C. The third kappa shape index (κ3) is 3.91. The standard InChI is InChI=1S/C16H20BrNS/c1-3-18-16(8-7-13-9-10-19-11-13)14-5-4-6-15(17)12(14)2/h4-6,9-11,16,18H,3,7-8H2,1-2H3. The van der Waals surface area contributed by atoms with Gasteiger partial charge < -0.3 is 5.32 Å². The summed E-state index contributed by atoms with van der Waals surface area (Å²) in [6.07, 6.45) is 2.27. The highest BCUT2D eigenvalue weighted by molar-refractivity contribution is 9.10. The van der Waals surface area contributed by atoms with Gasteiger partial charge in [-0.05, 0) is 65.9 Å². The molecule has 0 fully saturated rings. The molecule has 0 spiro atoms. The molecule has 0 saturated heterocycles. The summed E-state index contributed by atoms with van der Waals surface area (Å²) in [5, 5.41) is 8.01. The lowest BCUT2D eigenvalue weighted by Gasteiger charge is -2.21. The summed E-state index contributed by atoms with van der Waals surface area (Å²) in [6.45, 7) is 5.36. The normalized spacial score (nSPS) is 12.6. The molecule has 1 nitrogen and oxygen atoms in total. The highest BCUT2D eigenvalue weighted by Gasteiger charge is 2.14. The van der Waals surface area contributed by atoms with Gasteiger partial charge in [0.25, 0.3) is 0 Å². The molecule has 1 unspecified atom stereocenters. The minimum Gasteiger partial charge on any atom is -0.310 e. The molecule has 2 rings (SSSR count). The van der Waals surface area contributed by atoms with Gasteiger partial charge in [-0.2, -0.15) is 11.3 Å². The van der Waals surface area contributed by atoms with Crippen molar-refractivity contribution in [2.24, 2.45) is 0 Å². The lowest BCUT2D eigenvalue weighted by molar-refractivity contribution is 0.513. The number of thiophene rings is 1. The van der Waals surface area contributed by atoms with Crippen LogP contribution < -0.4 is 5.32 Å². The third-order valence-electron chi connectivity index (χ3n) is 3.44. The fourth-order valence-corrected chi connectivity index (χ4v) is 3.45. The van der Waals surface area contributed by atoms with Crippen LogP contribution in [-0.2, 0) is 6.42 Å². The first-order valence-electron chi connectivity index (χ1n) is 6.71. The number of halogens is 1. The summed E-state index contributed by atoms with van der Waals surface area (Å²) in [6, 6.07) is 9.13. The fourth-order valence-electron chi connectivity index (χ4n) is 2.36. The van der Waals surface area contributed by atoms with Crippen molar-refractivity contribution in [1.82, 2.24) is 5.32 Å². The van der Waals surface area contributed by atoms with Gasteiger partial charge in [-0.1, -0.05) is 35.0 Å². The molecule has 1 N–H and O–H groups in total.